The van der Waals surface area contributed by atoms with Crippen molar-refractivity contribution in [3.63, 3.8) is 0 Å². The average Bonchev–Trinajstić information content (AvgIpc) is 3.06. The van der Waals surface area contributed by atoms with Gasteiger partial charge >= 0.3 is 6.03 Å². The summed E-state index contributed by atoms with van der Waals surface area (Å²) in [6.07, 6.45) is 3.25. The van der Waals surface area contributed by atoms with Crippen LogP contribution in [0.4, 0.5) is 14.9 Å². The van der Waals surface area contributed by atoms with Crippen LogP contribution >= 0.6 is 11.6 Å². The predicted molar refractivity (Wildman–Crippen MR) is 105 cm³/mol. The van der Waals surface area contributed by atoms with Gasteiger partial charge in [-0.15, -0.1) is 0 Å². The third-order valence-electron chi connectivity index (χ3n) is 5.40. The van der Waals surface area contributed by atoms with E-state index in [1.807, 2.05) is 17.1 Å². The van der Waals surface area contributed by atoms with Crippen LogP contribution in [0.25, 0.3) is 0 Å². The van der Waals surface area contributed by atoms with Crippen molar-refractivity contribution in [1.82, 2.24) is 10.0 Å². The Morgan fingerprint density at radius 1 is 1.00 bits per heavy atom. The molecule has 0 aliphatic carbocycles. The molecule has 1 atom stereocenters. The van der Waals surface area contributed by atoms with Crippen molar-refractivity contribution in [2.45, 2.75) is 19.3 Å². The molecule has 2 saturated heterocycles. The first-order valence-corrected chi connectivity index (χ1v) is 9.82. The molecule has 142 valence electrons. The van der Waals surface area contributed by atoms with Gasteiger partial charge in [-0.05, 0) is 67.1 Å². The Morgan fingerprint density at radius 2 is 1.74 bits per heavy atom. The number of amides is 2. The highest BCUT2D eigenvalue weighted by Crippen LogP contribution is 2.27. The van der Waals surface area contributed by atoms with E-state index in [9.17, 15) is 9.18 Å². The van der Waals surface area contributed by atoms with E-state index in [4.69, 9.17) is 11.6 Å². The molecule has 2 aromatic carbocycles. The first-order valence-electron chi connectivity index (χ1n) is 9.44. The Kier molecular flexibility index (Phi) is 5.32. The van der Waals surface area contributed by atoms with Crippen molar-refractivity contribution in [3.8, 4) is 0 Å². The first kappa shape index (κ1) is 18.3. The van der Waals surface area contributed by atoms with Gasteiger partial charge in [0.2, 0.25) is 0 Å². The molecule has 4 nitrogen and oxygen atoms in total. The van der Waals surface area contributed by atoms with Crippen LogP contribution in [0, 0.1) is 11.7 Å². The number of anilines is 1. The summed E-state index contributed by atoms with van der Waals surface area (Å²) in [5, 5.41) is 4.81. The number of hydrazine groups is 1. The maximum absolute atomic E-state index is 13.2. The Hall–Kier alpha value is -2.11. The molecule has 0 unspecified atom stereocenters. The van der Waals surface area contributed by atoms with Gasteiger partial charge in [0.25, 0.3) is 0 Å². The molecule has 0 saturated carbocycles. The minimum absolute atomic E-state index is 0.0197. The lowest BCUT2D eigenvalue weighted by Gasteiger charge is -2.38. The molecule has 0 spiro atoms. The number of hydrogen-bond acceptors (Lipinski definition) is 2. The number of carbonyl (C=O) groups excluding carboxylic acids is 1. The molecule has 2 aliphatic heterocycles. The number of hydrogen-bond donors (Lipinski definition) is 0. The van der Waals surface area contributed by atoms with E-state index in [-0.39, 0.29) is 11.8 Å². The summed E-state index contributed by atoms with van der Waals surface area (Å²) in [6, 6.07) is 14.1. The lowest BCUT2D eigenvalue weighted by Crippen LogP contribution is -2.50. The Labute approximate surface area is 164 Å². The second-order valence-electron chi connectivity index (χ2n) is 7.29. The van der Waals surface area contributed by atoms with E-state index < -0.39 is 0 Å². The Balaban J connectivity index is 1.40. The molecule has 0 bridgehead atoms. The van der Waals surface area contributed by atoms with Gasteiger partial charge in [-0.3, -0.25) is 9.91 Å². The molecule has 0 N–H and O–H groups in total. The molecule has 2 heterocycles. The summed E-state index contributed by atoms with van der Waals surface area (Å²) in [4.78, 5) is 14.6. The summed E-state index contributed by atoms with van der Waals surface area (Å²) in [7, 11) is 0. The second kappa shape index (κ2) is 7.87. The smallest absolute Gasteiger partial charge is 0.291 e. The predicted octanol–water partition coefficient (Wildman–Crippen LogP) is 4.59. The van der Waals surface area contributed by atoms with E-state index >= 15 is 0 Å². The Morgan fingerprint density at radius 3 is 2.48 bits per heavy atom. The largest absolute Gasteiger partial charge is 0.339 e. The van der Waals surface area contributed by atoms with Crippen LogP contribution in [0.2, 0.25) is 5.02 Å². The van der Waals surface area contributed by atoms with E-state index in [0.29, 0.717) is 19.0 Å². The fraction of sp³-hybridized carbons (Fsp3) is 0.381. The minimum atomic E-state index is -0.289. The minimum Gasteiger partial charge on any atom is -0.291 e. The zero-order chi connectivity index (χ0) is 18.8. The van der Waals surface area contributed by atoms with Gasteiger partial charge in [0.1, 0.15) is 5.82 Å². The maximum Gasteiger partial charge on any atom is 0.339 e. The standard InChI is InChI=1S/C21H23ClFN3O/c22-18-5-3-16(4-6-18)14-17-2-1-11-24(15-17)26-13-12-25(21(26)27)20-9-7-19(23)8-10-20/h3-10,17H,1-2,11-15H2/t17-/m1/s1. The number of carbonyl (C=O) groups is 1. The van der Waals surface area contributed by atoms with Gasteiger partial charge < -0.3 is 0 Å². The fourth-order valence-electron chi connectivity index (χ4n) is 4.03. The third kappa shape index (κ3) is 4.09. The topological polar surface area (TPSA) is 26.8 Å². The van der Waals surface area contributed by atoms with Gasteiger partial charge in [0.15, 0.2) is 0 Å². The molecule has 27 heavy (non-hydrogen) atoms. The van der Waals surface area contributed by atoms with Gasteiger partial charge in [-0.2, -0.15) is 0 Å². The van der Waals surface area contributed by atoms with Gasteiger partial charge in [0.05, 0.1) is 6.54 Å². The Bertz CT molecular complexity index is 796. The number of nitrogens with zero attached hydrogens (tertiary/aromatic N) is 3. The number of urea groups is 1. The van der Waals surface area contributed by atoms with E-state index in [1.165, 1.54) is 24.1 Å². The number of piperidine rings is 1. The van der Waals surface area contributed by atoms with Crippen molar-refractivity contribution >= 4 is 23.3 Å². The van der Waals surface area contributed by atoms with Gasteiger partial charge in [-0.25, -0.2) is 14.2 Å². The lowest BCUT2D eigenvalue weighted by atomic mass is 9.92. The van der Waals surface area contributed by atoms with Crippen LogP contribution < -0.4 is 4.90 Å². The molecule has 0 aromatic heterocycles. The fourth-order valence-corrected chi connectivity index (χ4v) is 4.16. The molecule has 2 aliphatic rings. The second-order valence-corrected chi connectivity index (χ2v) is 7.72. The highest BCUT2D eigenvalue weighted by Gasteiger charge is 2.35. The molecule has 4 rings (SSSR count). The van der Waals surface area contributed by atoms with Crippen LogP contribution in [0.1, 0.15) is 18.4 Å². The molecule has 2 amide bonds. The monoisotopic (exact) mass is 387 g/mol. The van der Waals surface area contributed by atoms with Crippen LogP contribution in [0.15, 0.2) is 48.5 Å². The van der Waals surface area contributed by atoms with Crippen LogP contribution in [-0.2, 0) is 6.42 Å². The zero-order valence-electron chi connectivity index (χ0n) is 15.2. The number of benzene rings is 2. The summed E-state index contributed by atoms with van der Waals surface area (Å²) < 4.78 is 13.2. The van der Waals surface area contributed by atoms with Crippen molar-refractivity contribution in [1.29, 1.82) is 0 Å². The molecular formula is C21H23ClFN3O. The zero-order valence-corrected chi connectivity index (χ0v) is 15.9. The quantitative estimate of drug-likeness (QED) is 0.767. The lowest BCUT2D eigenvalue weighted by molar-refractivity contribution is -0.00402. The molecule has 0 radical (unpaired) electrons. The molecular weight excluding hydrogens is 365 g/mol. The summed E-state index contributed by atoms with van der Waals surface area (Å²) >= 11 is 5.97. The first-order chi connectivity index (χ1) is 13.1. The number of halogens is 2. The van der Waals surface area contributed by atoms with Crippen molar-refractivity contribution in [3.05, 3.63) is 64.9 Å². The molecule has 6 heteroatoms. The van der Waals surface area contributed by atoms with Crippen molar-refractivity contribution < 1.29 is 9.18 Å². The third-order valence-corrected chi connectivity index (χ3v) is 5.65. The van der Waals surface area contributed by atoms with E-state index in [0.717, 1.165) is 36.6 Å². The average molecular weight is 388 g/mol. The molecule has 2 aromatic rings. The maximum atomic E-state index is 13.2. The van der Waals surface area contributed by atoms with Gasteiger partial charge in [0, 0.05) is 30.3 Å². The van der Waals surface area contributed by atoms with Gasteiger partial charge in [-0.1, -0.05) is 23.7 Å². The van der Waals surface area contributed by atoms with Crippen LogP contribution in [0.5, 0.6) is 0 Å². The highest BCUT2D eigenvalue weighted by molar-refractivity contribution is 6.30. The van der Waals surface area contributed by atoms with Crippen molar-refractivity contribution in [2.75, 3.05) is 31.1 Å². The summed E-state index contributed by atoms with van der Waals surface area (Å²) in [5.74, 6) is 0.232. The summed E-state index contributed by atoms with van der Waals surface area (Å²) in [6.45, 7) is 3.08. The summed E-state index contributed by atoms with van der Waals surface area (Å²) in [5.41, 5.74) is 2.03. The van der Waals surface area contributed by atoms with Crippen molar-refractivity contribution in [2.24, 2.45) is 5.92 Å². The normalized spacial score (nSPS) is 21.1. The van der Waals surface area contributed by atoms with Crippen LogP contribution in [0.3, 0.4) is 0 Å². The van der Waals surface area contributed by atoms with E-state index in [2.05, 4.69) is 17.1 Å². The van der Waals surface area contributed by atoms with Crippen LogP contribution in [-0.4, -0.2) is 42.2 Å². The highest BCUT2D eigenvalue weighted by atomic mass is 35.5. The molecule has 2 fully saturated rings. The number of rotatable bonds is 4. The van der Waals surface area contributed by atoms with E-state index in [1.54, 1.807) is 17.0 Å². The SMILES string of the molecule is O=C1N(c2ccc(F)cc2)CCN1N1CCC[C@H](Cc2ccc(Cl)cc2)C1.